The van der Waals surface area contributed by atoms with E-state index in [2.05, 4.69) is 42.4 Å². The van der Waals surface area contributed by atoms with Crippen LogP contribution in [0.2, 0.25) is 0 Å². The highest BCUT2D eigenvalue weighted by Crippen LogP contribution is 2.38. The first-order chi connectivity index (χ1) is 11.0. The van der Waals surface area contributed by atoms with E-state index in [1.807, 2.05) is 22.6 Å². The average Bonchev–Trinajstić information content (AvgIpc) is 2.91. The van der Waals surface area contributed by atoms with Crippen molar-refractivity contribution in [1.82, 2.24) is 5.43 Å². The third kappa shape index (κ3) is 5.50. The van der Waals surface area contributed by atoms with Gasteiger partial charge in [-0.25, -0.2) is 5.43 Å². The number of ether oxygens (including phenoxy) is 2. The monoisotopic (exact) mass is 556 g/mol. The maximum absolute atomic E-state index is 11.7. The van der Waals surface area contributed by atoms with Crippen LogP contribution in [0, 0.1) is 3.77 Å². The summed E-state index contributed by atoms with van der Waals surface area (Å²) in [5.41, 5.74) is 2.36. The van der Waals surface area contributed by atoms with E-state index in [9.17, 15) is 4.79 Å². The molecule has 23 heavy (non-hydrogen) atoms. The SMILES string of the molecule is COc1cc(Br)cc(Br)c1OCC(=O)NN=Cc1ccc(I)o1. The summed E-state index contributed by atoms with van der Waals surface area (Å²) in [6, 6.07) is 7.09. The van der Waals surface area contributed by atoms with Crippen molar-refractivity contribution in [3.63, 3.8) is 0 Å². The Balaban J connectivity index is 1.91. The lowest BCUT2D eigenvalue weighted by atomic mass is 10.3. The lowest BCUT2D eigenvalue weighted by molar-refractivity contribution is -0.123. The van der Waals surface area contributed by atoms with Gasteiger partial charge in [-0.2, -0.15) is 5.10 Å². The van der Waals surface area contributed by atoms with Crippen molar-refractivity contribution in [2.75, 3.05) is 13.7 Å². The molecule has 0 atom stereocenters. The van der Waals surface area contributed by atoms with Crippen LogP contribution in [0.1, 0.15) is 5.76 Å². The fourth-order valence-electron chi connectivity index (χ4n) is 1.56. The maximum Gasteiger partial charge on any atom is 0.277 e. The number of carbonyl (C=O) groups is 1. The van der Waals surface area contributed by atoms with Crippen molar-refractivity contribution in [3.05, 3.63) is 42.7 Å². The largest absolute Gasteiger partial charge is 0.493 e. The number of nitrogens with one attached hydrogen (secondary N) is 1. The van der Waals surface area contributed by atoms with Crippen LogP contribution in [0.15, 0.2) is 42.7 Å². The zero-order valence-corrected chi connectivity index (χ0v) is 17.1. The van der Waals surface area contributed by atoms with E-state index < -0.39 is 5.91 Å². The first kappa shape index (κ1) is 18.3. The predicted octanol–water partition coefficient (Wildman–Crippen LogP) is 3.95. The van der Waals surface area contributed by atoms with E-state index in [0.29, 0.717) is 21.7 Å². The van der Waals surface area contributed by atoms with Gasteiger partial charge < -0.3 is 13.9 Å². The van der Waals surface area contributed by atoms with Gasteiger partial charge >= 0.3 is 0 Å². The minimum absolute atomic E-state index is 0.205. The second-order valence-corrected chi connectivity index (χ2v) is 6.98. The summed E-state index contributed by atoms with van der Waals surface area (Å²) in [5.74, 6) is 1.09. The molecule has 0 aliphatic carbocycles. The highest BCUT2D eigenvalue weighted by Gasteiger charge is 2.12. The van der Waals surface area contributed by atoms with Crippen LogP contribution in [0.25, 0.3) is 0 Å². The van der Waals surface area contributed by atoms with Crippen molar-refractivity contribution in [2.45, 2.75) is 0 Å². The maximum atomic E-state index is 11.7. The fraction of sp³-hybridized carbons (Fsp3) is 0.143. The van der Waals surface area contributed by atoms with Crippen LogP contribution in [0.5, 0.6) is 11.5 Å². The van der Waals surface area contributed by atoms with Gasteiger partial charge in [0.15, 0.2) is 21.9 Å². The van der Waals surface area contributed by atoms with Crippen molar-refractivity contribution < 1.29 is 18.7 Å². The molecule has 2 aromatic rings. The van der Waals surface area contributed by atoms with Gasteiger partial charge in [0.25, 0.3) is 5.91 Å². The number of methoxy groups -OCH3 is 1. The van der Waals surface area contributed by atoms with Crippen molar-refractivity contribution in [2.24, 2.45) is 5.10 Å². The topological polar surface area (TPSA) is 73.1 Å². The van der Waals surface area contributed by atoms with E-state index >= 15 is 0 Å². The van der Waals surface area contributed by atoms with E-state index in [4.69, 9.17) is 13.9 Å². The number of hydrogen-bond acceptors (Lipinski definition) is 5. The lowest BCUT2D eigenvalue weighted by Gasteiger charge is -2.12. The molecule has 0 saturated carbocycles. The zero-order chi connectivity index (χ0) is 16.8. The molecule has 1 heterocycles. The molecule has 0 fully saturated rings. The quantitative estimate of drug-likeness (QED) is 0.332. The van der Waals surface area contributed by atoms with Gasteiger partial charge in [-0.15, -0.1) is 0 Å². The molecule has 0 aliphatic heterocycles. The number of furan rings is 1. The molecule has 0 saturated heterocycles. The third-order valence-electron chi connectivity index (χ3n) is 2.52. The van der Waals surface area contributed by atoms with Crippen LogP contribution in [-0.2, 0) is 4.79 Å². The van der Waals surface area contributed by atoms with Gasteiger partial charge in [-0.3, -0.25) is 4.79 Å². The van der Waals surface area contributed by atoms with Gasteiger partial charge in [-0.1, -0.05) is 15.9 Å². The summed E-state index contributed by atoms with van der Waals surface area (Å²) in [4.78, 5) is 11.7. The van der Waals surface area contributed by atoms with Crippen LogP contribution in [0.4, 0.5) is 0 Å². The Bertz CT molecular complexity index is 734. The Hall–Kier alpha value is -1.07. The summed E-state index contributed by atoms with van der Waals surface area (Å²) >= 11 is 8.76. The normalized spacial score (nSPS) is 10.8. The molecule has 2 rings (SSSR count). The van der Waals surface area contributed by atoms with Crippen molar-refractivity contribution >= 4 is 66.6 Å². The highest BCUT2D eigenvalue weighted by atomic mass is 127. The number of rotatable bonds is 6. The first-order valence-electron chi connectivity index (χ1n) is 6.22. The summed E-state index contributed by atoms with van der Waals surface area (Å²) in [7, 11) is 1.52. The third-order valence-corrected chi connectivity index (χ3v) is 4.14. The van der Waals surface area contributed by atoms with Crippen molar-refractivity contribution in [1.29, 1.82) is 0 Å². The van der Waals surface area contributed by atoms with E-state index in [1.165, 1.54) is 13.3 Å². The lowest BCUT2D eigenvalue weighted by Crippen LogP contribution is -2.24. The molecule has 1 N–H and O–H groups in total. The second kappa shape index (κ2) is 8.69. The molecule has 0 unspecified atom stereocenters. The molecule has 1 amide bonds. The van der Waals surface area contributed by atoms with Gasteiger partial charge in [0.1, 0.15) is 5.76 Å². The Morgan fingerprint density at radius 3 is 2.87 bits per heavy atom. The molecule has 0 bridgehead atoms. The first-order valence-corrected chi connectivity index (χ1v) is 8.89. The number of benzene rings is 1. The number of carbonyl (C=O) groups excluding carboxylic acids is 1. The standard InChI is InChI=1S/C14H11Br2IN2O4/c1-21-11-5-8(15)4-10(16)14(11)22-7-13(20)19-18-6-9-2-3-12(17)23-9/h2-6H,7H2,1H3,(H,19,20). The Morgan fingerprint density at radius 2 is 2.22 bits per heavy atom. The predicted molar refractivity (Wildman–Crippen MR) is 101 cm³/mol. The summed E-state index contributed by atoms with van der Waals surface area (Å²) in [5, 5.41) is 3.79. The smallest absolute Gasteiger partial charge is 0.277 e. The van der Waals surface area contributed by atoms with Crippen LogP contribution < -0.4 is 14.9 Å². The van der Waals surface area contributed by atoms with Crippen LogP contribution in [0.3, 0.4) is 0 Å². The minimum atomic E-state index is -0.403. The average molecular weight is 558 g/mol. The Labute approximate surface area is 163 Å². The molecule has 0 radical (unpaired) electrons. The number of halogens is 3. The van der Waals surface area contributed by atoms with Crippen LogP contribution in [-0.4, -0.2) is 25.8 Å². The minimum Gasteiger partial charge on any atom is -0.493 e. The zero-order valence-electron chi connectivity index (χ0n) is 11.8. The van der Waals surface area contributed by atoms with E-state index in [1.54, 1.807) is 24.3 Å². The Morgan fingerprint density at radius 1 is 1.43 bits per heavy atom. The van der Waals surface area contributed by atoms with Gasteiger partial charge in [0, 0.05) is 4.47 Å². The molecule has 0 spiro atoms. The van der Waals surface area contributed by atoms with E-state index in [-0.39, 0.29) is 6.61 Å². The second-order valence-electron chi connectivity index (χ2n) is 4.14. The summed E-state index contributed by atoms with van der Waals surface area (Å²) in [6.45, 7) is -0.205. The van der Waals surface area contributed by atoms with E-state index in [0.717, 1.165) is 8.24 Å². The molecule has 0 aliphatic rings. The Kier molecular flexibility index (Phi) is 6.90. The molecule has 1 aromatic heterocycles. The number of hydrazone groups is 1. The molecule has 122 valence electrons. The van der Waals surface area contributed by atoms with Gasteiger partial charge in [-0.05, 0) is 62.8 Å². The summed E-state index contributed by atoms with van der Waals surface area (Å²) < 4.78 is 18.2. The molecule has 6 nitrogen and oxygen atoms in total. The molecular weight excluding hydrogens is 547 g/mol. The summed E-state index contributed by atoms with van der Waals surface area (Å²) in [6.07, 6.45) is 1.41. The van der Waals surface area contributed by atoms with Gasteiger partial charge in [0.2, 0.25) is 0 Å². The molecule has 1 aromatic carbocycles. The molecule has 9 heteroatoms. The fourth-order valence-corrected chi connectivity index (χ4v) is 3.30. The highest BCUT2D eigenvalue weighted by molar-refractivity contribution is 14.1. The van der Waals surface area contributed by atoms with Crippen molar-refractivity contribution in [3.8, 4) is 11.5 Å². The number of nitrogens with zero attached hydrogens (tertiary/aromatic N) is 1. The van der Waals surface area contributed by atoms with Gasteiger partial charge in [0.05, 0.1) is 17.8 Å². The van der Waals surface area contributed by atoms with Crippen LogP contribution >= 0.6 is 54.5 Å². The molecular formula is C14H11Br2IN2O4. The number of hydrogen-bond donors (Lipinski definition) is 1. The number of amides is 1.